The van der Waals surface area contributed by atoms with Gasteiger partial charge in [0.2, 0.25) is 5.91 Å². The molecule has 2 heterocycles. The molecule has 1 amide bonds. The molecule has 0 unspecified atom stereocenters. The molecule has 1 N–H and O–H groups in total. The molecule has 0 aromatic carbocycles. The number of carbonyl (C=O) groups excluding carboxylic acids is 1. The molecule has 2 aromatic rings. The Bertz CT molecular complexity index is 554. The number of rotatable bonds is 5. The zero-order valence-corrected chi connectivity index (χ0v) is 11.2. The second kappa shape index (κ2) is 5.64. The van der Waals surface area contributed by atoms with Crippen LogP contribution in [0.4, 0.5) is 0 Å². The van der Waals surface area contributed by atoms with Gasteiger partial charge in [-0.1, -0.05) is 15.5 Å². The molecule has 0 aliphatic rings. The van der Waals surface area contributed by atoms with E-state index >= 15 is 0 Å². The van der Waals surface area contributed by atoms with Crippen LogP contribution < -0.4 is 5.32 Å². The van der Waals surface area contributed by atoms with Gasteiger partial charge < -0.3 is 9.84 Å². The van der Waals surface area contributed by atoms with Crippen molar-refractivity contribution in [3.05, 3.63) is 28.4 Å². The molecule has 0 spiro atoms. The highest BCUT2D eigenvalue weighted by atomic mass is 16.6. The summed E-state index contributed by atoms with van der Waals surface area (Å²) in [6.45, 7) is 5.82. The zero-order valence-electron chi connectivity index (χ0n) is 11.2. The van der Waals surface area contributed by atoms with Crippen LogP contribution in [-0.4, -0.2) is 21.4 Å². The van der Waals surface area contributed by atoms with Crippen LogP contribution in [0.15, 0.2) is 9.15 Å². The van der Waals surface area contributed by atoms with Crippen molar-refractivity contribution in [2.45, 2.75) is 40.2 Å². The standard InChI is InChI=1S/C12H16N4O3/c1-7-10(9(3)18-14-7)4-5-12(17)13-6-11-8(2)15-19-16-11/h4-6H2,1-3H3,(H,13,17). The highest BCUT2D eigenvalue weighted by molar-refractivity contribution is 5.76. The first kappa shape index (κ1) is 13.3. The summed E-state index contributed by atoms with van der Waals surface area (Å²) in [4.78, 5) is 11.7. The van der Waals surface area contributed by atoms with E-state index in [0.29, 0.717) is 30.8 Å². The van der Waals surface area contributed by atoms with Crippen LogP contribution in [-0.2, 0) is 17.8 Å². The fourth-order valence-electron chi connectivity index (χ4n) is 1.78. The Hall–Kier alpha value is -2.18. The van der Waals surface area contributed by atoms with Gasteiger partial charge in [0.25, 0.3) is 0 Å². The third kappa shape index (κ3) is 3.18. The van der Waals surface area contributed by atoms with Gasteiger partial charge in [-0.3, -0.25) is 4.79 Å². The van der Waals surface area contributed by atoms with Crippen molar-refractivity contribution in [1.29, 1.82) is 0 Å². The van der Waals surface area contributed by atoms with Crippen LogP contribution in [0.5, 0.6) is 0 Å². The first-order chi connectivity index (χ1) is 9.08. The van der Waals surface area contributed by atoms with Gasteiger partial charge in [0, 0.05) is 12.0 Å². The topological polar surface area (TPSA) is 94.1 Å². The highest BCUT2D eigenvalue weighted by Crippen LogP contribution is 2.14. The molecule has 19 heavy (non-hydrogen) atoms. The number of hydrogen-bond donors (Lipinski definition) is 1. The van der Waals surface area contributed by atoms with Gasteiger partial charge in [-0.25, -0.2) is 4.63 Å². The number of aromatic nitrogens is 3. The summed E-state index contributed by atoms with van der Waals surface area (Å²) in [5.74, 6) is 0.712. The number of amides is 1. The Morgan fingerprint density at radius 3 is 2.53 bits per heavy atom. The maximum Gasteiger partial charge on any atom is 0.220 e. The second-order valence-corrected chi connectivity index (χ2v) is 4.38. The predicted octanol–water partition coefficient (Wildman–Crippen LogP) is 1.23. The fraction of sp³-hybridized carbons (Fsp3) is 0.500. The number of nitrogens with one attached hydrogen (secondary N) is 1. The minimum atomic E-state index is -0.0533. The lowest BCUT2D eigenvalue weighted by Crippen LogP contribution is -2.23. The predicted molar refractivity (Wildman–Crippen MR) is 65.2 cm³/mol. The van der Waals surface area contributed by atoms with Crippen molar-refractivity contribution in [3.63, 3.8) is 0 Å². The average Bonchev–Trinajstić information content (AvgIpc) is 2.92. The molecule has 2 aromatic heterocycles. The summed E-state index contributed by atoms with van der Waals surface area (Å²) < 4.78 is 9.61. The maximum atomic E-state index is 11.7. The lowest BCUT2D eigenvalue weighted by Gasteiger charge is -2.03. The number of hydrogen-bond acceptors (Lipinski definition) is 6. The largest absolute Gasteiger partial charge is 0.361 e. The molecule has 7 heteroatoms. The summed E-state index contributed by atoms with van der Waals surface area (Å²) in [5, 5.41) is 14.0. The third-order valence-electron chi connectivity index (χ3n) is 2.98. The third-order valence-corrected chi connectivity index (χ3v) is 2.98. The summed E-state index contributed by atoms with van der Waals surface area (Å²) in [7, 11) is 0. The summed E-state index contributed by atoms with van der Waals surface area (Å²) in [6.07, 6.45) is 0.996. The van der Waals surface area contributed by atoms with E-state index < -0.39 is 0 Å². The smallest absolute Gasteiger partial charge is 0.220 e. The van der Waals surface area contributed by atoms with E-state index in [-0.39, 0.29) is 5.91 Å². The quantitative estimate of drug-likeness (QED) is 0.872. The van der Waals surface area contributed by atoms with Crippen molar-refractivity contribution >= 4 is 5.91 Å². The molecule has 7 nitrogen and oxygen atoms in total. The Labute approximate surface area is 110 Å². The molecule has 0 saturated heterocycles. The molecule has 0 bridgehead atoms. The van der Waals surface area contributed by atoms with E-state index in [1.807, 2.05) is 13.8 Å². The van der Waals surface area contributed by atoms with Crippen molar-refractivity contribution in [2.75, 3.05) is 0 Å². The summed E-state index contributed by atoms with van der Waals surface area (Å²) in [5.41, 5.74) is 3.16. The highest BCUT2D eigenvalue weighted by Gasteiger charge is 2.12. The van der Waals surface area contributed by atoms with Crippen molar-refractivity contribution in [1.82, 2.24) is 20.8 Å². The molecular weight excluding hydrogens is 248 g/mol. The van der Waals surface area contributed by atoms with Crippen LogP contribution in [0, 0.1) is 20.8 Å². The fourth-order valence-corrected chi connectivity index (χ4v) is 1.78. The summed E-state index contributed by atoms with van der Waals surface area (Å²) in [6, 6.07) is 0. The monoisotopic (exact) mass is 264 g/mol. The number of nitrogens with zero attached hydrogens (tertiary/aromatic N) is 3. The lowest BCUT2D eigenvalue weighted by molar-refractivity contribution is -0.121. The Balaban J connectivity index is 1.81. The van der Waals surface area contributed by atoms with Gasteiger partial charge >= 0.3 is 0 Å². The van der Waals surface area contributed by atoms with Gasteiger partial charge in [-0.2, -0.15) is 0 Å². The van der Waals surface area contributed by atoms with Crippen LogP contribution in [0.1, 0.15) is 34.8 Å². The van der Waals surface area contributed by atoms with E-state index in [9.17, 15) is 4.79 Å². The first-order valence-corrected chi connectivity index (χ1v) is 6.04. The number of carbonyl (C=O) groups is 1. The average molecular weight is 264 g/mol. The molecule has 0 radical (unpaired) electrons. The zero-order chi connectivity index (χ0) is 13.8. The maximum absolute atomic E-state index is 11.7. The molecular formula is C12H16N4O3. The summed E-state index contributed by atoms with van der Waals surface area (Å²) >= 11 is 0. The first-order valence-electron chi connectivity index (χ1n) is 6.04. The molecule has 0 aliphatic carbocycles. The van der Waals surface area contributed by atoms with E-state index in [2.05, 4.69) is 25.4 Å². The van der Waals surface area contributed by atoms with Gasteiger partial charge in [0.05, 0.1) is 12.2 Å². The van der Waals surface area contributed by atoms with E-state index in [1.165, 1.54) is 0 Å². The van der Waals surface area contributed by atoms with Crippen molar-refractivity contribution in [2.24, 2.45) is 0 Å². The normalized spacial score (nSPS) is 10.7. The molecule has 2 rings (SSSR count). The van der Waals surface area contributed by atoms with Crippen LogP contribution in [0.2, 0.25) is 0 Å². The number of aryl methyl sites for hydroxylation is 3. The van der Waals surface area contributed by atoms with E-state index in [4.69, 9.17) is 4.52 Å². The van der Waals surface area contributed by atoms with Crippen LogP contribution in [0.3, 0.4) is 0 Å². The Morgan fingerprint density at radius 1 is 1.16 bits per heavy atom. The SMILES string of the molecule is Cc1nonc1CNC(=O)CCc1c(C)noc1C. The van der Waals surface area contributed by atoms with Gasteiger partial charge in [-0.15, -0.1) is 0 Å². The van der Waals surface area contributed by atoms with Gasteiger partial charge in [-0.05, 0) is 27.2 Å². The second-order valence-electron chi connectivity index (χ2n) is 4.38. The van der Waals surface area contributed by atoms with Crippen molar-refractivity contribution in [3.8, 4) is 0 Å². The Kier molecular flexibility index (Phi) is 3.94. The Morgan fingerprint density at radius 2 is 1.95 bits per heavy atom. The van der Waals surface area contributed by atoms with Gasteiger partial charge in [0.1, 0.15) is 17.1 Å². The molecule has 0 saturated carbocycles. The minimum Gasteiger partial charge on any atom is -0.361 e. The molecule has 0 fully saturated rings. The van der Waals surface area contributed by atoms with Crippen LogP contribution in [0.25, 0.3) is 0 Å². The van der Waals surface area contributed by atoms with E-state index in [0.717, 1.165) is 17.0 Å². The molecule has 102 valence electrons. The van der Waals surface area contributed by atoms with Crippen LogP contribution >= 0.6 is 0 Å². The van der Waals surface area contributed by atoms with E-state index in [1.54, 1.807) is 6.92 Å². The van der Waals surface area contributed by atoms with Crippen molar-refractivity contribution < 1.29 is 13.9 Å². The molecule has 0 aliphatic heterocycles. The van der Waals surface area contributed by atoms with Gasteiger partial charge in [0.15, 0.2) is 0 Å². The minimum absolute atomic E-state index is 0.0533. The molecule has 0 atom stereocenters. The lowest BCUT2D eigenvalue weighted by atomic mass is 10.1.